The first-order valence-electron chi connectivity index (χ1n) is 4.91. The third kappa shape index (κ3) is 2.37. The van der Waals surface area contributed by atoms with Crippen LogP contribution in [0.25, 0.3) is 0 Å². The van der Waals surface area contributed by atoms with E-state index in [0.717, 1.165) is 5.57 Å². The van der Waals surface area contributed by atoms with Crippen LogP contribution in [0.1, 0.15) is 20.8 Å². The number of carbonyl (C=O) groups excluding carboxylic acids is 1. The average molecular weight is 209 g/mol. The van der Waals surface area contributed by atoms with Gasteiger partial charge in [-0.2, -0.15) is 5.26 Å². The summed E-state index contributed by atoms with van der Waals surface area (Å²) in [5, 5.41) is 8.95. The Hall–Kier alpha value is -1.34. The summed E-state index contributed by atoms with van der Waals surface area (Å²) in [6, 6.07) is 1.91. The fourth-order valence-corrected chi connectivity index (χ4v) is 1.54. The third-order valence-electron chi connectivity index (χ3n) is 2.42. The van der Waals surface area contributed by atoms with Crippen LogP contribution in [0, 0.1) is 16.7 Å². The predicted molar refractivity (Wildman–Crippen MR) is 53.9 cm³/mol. The number of carbonyl (C=O) groups is 1. The van der Waals surface area contributed by atoms with Crippen LogP contribution in [-0.2, 0) is 14.3 Å². The summed E-state index contributed by atoms with van der Waals surface area (Å²) >= 11 is 0. The number of nitriles is 1. The Kier molecular flexibility index (Phi) is 3.48. The highest BCUT2D eigenvalue weighted by Gasteiger charge is 2.34. The lowest BCUT2D eigenvalue weighted by Crippen LogP contribution is -2.18. The highest BCUT2D eigenvalue weighted by Crippen LogP contribution is 2.35. The SMILES string of the molecule is CCOC(=O)/C(C#N)=C1/COCC1(C)C. The molecule has 1 heterocycles. The van der Waals surface area contributed by atoms with Crippen LogP contribution in [0.3, 0.4) is 0 Å². The summed E-state index contributed by atoms with van der Waals surface area (Å²) in [6.07, 6.45) is 0. The van der Waals surface area contributed by atoms with Gasteiger partial charge in [-0.05, 0) is 12.5 Å². The first-order valence-corrected chi connectivity index (χ1v) is 4.91. The van der Waals surface area contributed by atoms with Gasteiger partial charge < -0.3 is 9.47 Å². The molecule has 1 aliphatic heterocycles. The molecule has 0 aromatic carbocycles. The highest BCUT2D eigenvalue weighted by molar-refractivity contribution is 5.94. The molecule has 0 aliphatic carbocycles. The van der Waals surface area contributed by atoms with E-state index in [2.05, 4.69) is 0 Å². The van der Waals surface area contributed by atoms with Gasteiger partial charge in [0.05, 0.1) is 19.8 Å². The Bertz CT molecular complexity index is 336. The largest absolute Gasteiger partial charge is 0.462 e. The van der Waals surface area contributed by atoms with Gasteiger partial charge in [-0.3, -0.25) is 0 Å². The molecule has 15 heavy (non-hydrogen) atoms. The standard InChI is InChI=1S/C11H15NO3/c1-4-15-10(13)8(5-12)9-6-14-7-11(9,2)3/h4,6-7H2,1-3H3/b9-8-. The normalized spacial score (nSPS) is 22.0. The van der Waals surface area contributed by atoms with E-state index >= 15 is 0 Å². The quantitative estimate of drug-likeness (QED) is 0.392. The fourth-order valence-electron chi connectivity index (χ4n) is 1.54. The Morgan fingerprint density at radius 1 is 1.67 bits per heavy atom. The van der Waals surface area contributed by atoms with E-state index in [9.17, 15) is 4.79 Å². The summed E-state index contributed by atoms with van der Waals surface area (Å²) in [6.45, 7) is 6.77. The number of nitrogens with zero attached hydrogens (tertiary/aromatic N) is 1. The van der Waals surface area contributed by atoms with Crippen molar-refractivity contribution in [1.29, 1.82) is 5.26 Å². The van der Waals surface area contributed by atoms with Crippen molar-refractivity contribution in [1.82, 2.24) is 0 Å². The van der Waals surface area contributed by atoms with E-state index in [1.165, 1.54) is 0 Å². The lowest BCUT2D eigenvalue weighted by atomic mass is 9.84. The molecule has 1 rings (SSSR count). The van der Waals surface area contributed by atoms with Crippen LogP contribution >= 0.6 is 0 Å². The Morgan fingerprint density at radius 2 is 2.33 bits per heavy atom. The van der Waals surface area contributed by atoms with E-state index < -0.39 is 5.97 Å². The molecule has 0 spiro atoms. The van der Waals surface area contributed by atoms with Gasteiger partial charge in [0.2, 0.25) is 0 Å². The zero-order valence-corrected chi connectivity index (χ0v) is 9.29. The second-order valence-corrected chi connectivity index (χ2v) is 4.06. The van der Waals surface area contributed by atoms with Crippen LogP contribution in [0.5, 0.6) is 0 Å². The minimum absolute atomic E-state index is 0.0966. The molecule has 1 saturated heterocycles. The first-order chi connectivity index (χ1) is 7.03. The van der Waals surface area contributed by atoms with Gasteiger partial charge in [0.25, 0.3) is 0 Å². The molecule has 4 nitrogen and oxygen atoms in total. The minimum Gasteiger partial charge on any atom is -0.462 e. The Balaban J connectivity index is 3.04. The van der Waals surface area contributed by atoms with E-state index in [1.54, 1.807) is 6.92 Å². The van der Waals surface area contributed by atoms with E-state index in [1.807, 2.05) is 19.9 Å². The summed E-state index contributed by atoms with van der Waals surface area (Å²) in [5.41, 5.74) is 0.584. The zero-order valence-electron chi connectivity index (χ0n) is 9.29. The van der Waals surface area contributed by atoms with Crippen molar-refractivity contribution in [2.75, 3.05) is 19.8 Å². The summed E-state index contributed by atoms with van der Waals surface area (Å²) in [5.74, 6) is -0.548. The van der Waals surface area contributed by atoms with Crippen molar-refractivity contribution in [2.24, 2.45) is 5.41 Å². The van der Waals surface area contributed by atoms with Crippen molar-refractivity contribution < 1.29 is 14.3 Å². The van der Waals surface area contributed by atoms with Crippen molar-refractivity contribution in [2.45, 2.75) is 20.8 Å². The van der Waals surface area contributed by atoms with Gasteiger partial charge in [0.15, 0.2) is 0 Å². The second-order valence-electron chi connectivity index (χ2n) is 4.06. The molecule has 0 unspecified atom stereocenters. The maximum atomic E-state index is 11.5. The molecule has 0 saturated carbocycles. The van der Waals surface area contributed by atoms with Crippen molar-refractivity contribution >= 4 is 5.97 Å². The summed E-state index contributed by atoms with van der Waals surface area (Å²) in [4.78, 5) is 11.5. The van der Waals surface area contributed by atoms with Crippen molar-refractivity contribution in [3.63, 3.8) is 0 Å². The molecule has 0 amide bonds. The Morgan fingerprint density at radius 3 is 2.73 bits per heavy atom. The third-order valence-corrected chi connectivity index (χ3v) is 2.42. The van der Waals surface area contributed by atoms with E-state index in [4.69, 9.17) is 14.7 Å². The smallest absolute Gasteiger partial charge is 0.348 e. The van der Waals surface area contributed by atoms with E-state index in [-0.39, 0.29) is 17.6 Å². The maximum absolute atomic E-state index is 11.5. The number of ether oxygens (including phenoxy) is 2. The number of hydrogen-bond acceptors (Lipinski definition) is 4. The van der Waals surface area contributed by atoms with Crippen LogP contribution < -0.4 is 0 Å². The highest BCUT2D eigenvalue weighted by atomic mass is 16.5. The van der Waals surface area contributed by atoms with Crippen molar-refractivity contribution in [3.8, 4) is 6.07 Å². The molecule has 0 aromatic heterocycles. The van der Waals surface area contributed by atoms with Gasteiger partial charge in [-0.15, -0.1) is 0 Å². The molecule has 0 bridgehead atoms. The van der Waals surface area contributed by atoms with Crippen LogP contribution in [0.15, 0.2) is 11.1 Å². The van der Waals surface area contributed by atoms with Crippen molar-refractivity contribution in [3.05, 3.63) is 11.1 Å². The topological polar surface area (TPSA) is 59.3 Å². The fraction of sp³-hybridized carbons (Fsp3) is 0.636. The van der Waals surface area contributed by atoms with Crippen LogP contribution in [0.2, 0.25) is 0 Å². The number of hydrogen-bond donors (Lipinski definition) is 0. The molecule has 0 aromatic rings. The molecular weight excluding hydrogens is 194 g/mol. The maximum Gasteiger partial charge on any atom is 0.348 e. The zero-order chi connectivity index (χ0) is 11.5. The second kappa shape index (κ2) is 4.45. The average Bonchev–Trinajstić information content (AvgIpc) is 2.48. The van der Waals surface area contributed by atoms with Gasteiger partial charge in [0, 0.05) is 5.41 Å². The molecule has 4 heteroatoms. The lowest BCUT2D eigenvalue weighted by molar-refractivity contribution is -0.138. The molecule has 0 radical (unpaired) electrons. The summed E-state index contributed by atoms with van der Waals surface area (Å²) < 4.78 is 10.1. The number of esters is 1. The minimum atomic E-state index is -0.548. The van der Waals surface area contributed by atoms with Gasteiger partial charge in [-0.1, -0.05) is 13.8 Å². The molecule has 0 atom stereocenters. The van der Waals surface area contributed by atoms with Crippen LogP contribution in [-0.4, -0.2) is 25.8 Å². The Labute approximate surface area is 89.5 Å². The first kappa shape index (κ1) is 11.7. The predicted octanol–water partition coefficient (Wildman–Crippen LogP) is 1.43. The molecule has 82 valence electrons. The lowest BCUT2D eigenvalue weighted by Gasteiger charge is -2.17. The molecule has 0 N–H and O–H groups in total. The summed E-state index contributed by atoms with van der Waals surface area (Å²) in [7, 11) is 0. The number of rotatable bonds is 2. The van der Waals surface area contributed by atoms with E-state index in [0.29, 0.717) is 13.2 Å². The molecule has 1 aliphatic rings. The van der Waals surface area contributed by atoms with Gasteiger partial charge in [0.1, 0.15) is 11.6 Å². The van der Waals surface area contributed by atoms with Gasteiger partial charge in [-0.25, -0.2) is 4.79 Å². The molecular formula is C11H15NO3. The van der Waals surface area contributed by atoms with Crippen LogP contribution in [0.4, 0.5) is 0 Å². The monoisotopic (exact) mass is 209 g/mol. The van der Waals surface area contributed by atoms with Gasteiger partial charge >= 0.3 is 5.97 Å². The molecule has 1 fully saturated rings.